The van der Waals surface area contributed by atoms with E-state index in [2.05, 4.69) is 79.5 Å². The number of aryl methyl sites for hydroxylation is 2. The molecule has 4 aromatic carbocycles. The molecular formula is C26H21NS. The van der Waals surface area contributed by atoms with E-state index < -0.39 is 0 Å². The van der Waals surface area contributed by atoms with Crippen molar-refractivity contribution in [1.29, 1.82) is 0 Å². The Labute approximate surface area is 167 Å². The first kappa shape index (κ1) is 16.1. The van der Waals surface area contributed by atoms with E-state index in [1.807, 2.05) is 11.3 Å². The van der Waals surface area contributed by atoms with Gasteiger partial charge in [0.05, 0.1) is 5.52 Å². The van der Waals surface area contributed by atoms with Gasteiger partial charge in [-0.25, -0.2) is 0 Å². The summed E-state index contributed by atoms with van der Waals surface area (Å²) in [4.78, 5) is 3.69. The SMILES string of the molecule is CCc1ccc2[nH]c3c(ccc4c3ccc3c5cc(CC)ccc5sc34)c2c1. The number of hydrogen-bond acceptors (Lipinski definition) is 1. The third-order valence-corrected chi connectivity index (χ3v) is 7.37. The van der Waals surface area contributed by atoms with Crippen LogP contribution in [0.25, 0.3) is 52.8 Å². The van der Waals surface area contributed by atoms with E-state index in [4.69, 9.17) is 0 Å². The summed E-state index contributed by atoms with van der Waals surface area (Å²) in [6.45, 7) is 4.44. The maximum Gasteiger partial charge on any atom is 0.0545 e. The van der Waals surface area contributed by atoms with Gasteiger partial charge in [0.1, 0.15) is 0 Å². The summed E-state index contributed by atoms with van der Waals surface area (Å²) in [7, 11) is 0. The number of thiophene rings is 1. The highest BCUT2D eigenvalue weighted by Gasteiger charge is 2.13. The standard InChI is InChI=1S/C26H21NS/c1-3-15-5-11-23-21(13-15)18-8-9-19-17(25(18)27-23)7-10-20-22-14-16(4-2)6-12-24(22)28-26(19)20/h5-14,27H,3-4H2,1-2H3. The number of hydrogen-bond donors (Lipinski definition) is 1. The molecule has 2 aromatic heterocycles. The Kier molecular flexibility index (Phi) is 3.36. The van der Waals surface area contributed by atoms with Crippen LogP contribution in [-0.2, 0) is 12.8 Å². The Bertz CT molecular complexity index is 1410. The lowest BCUT2D eigenvalue weighted by atomic mass is 10.0. The molecule has 0 saturated heterocycles. The summed E-state index contributed by atoms with van der Waals surface area (Å²) in [5.74, 6) is 0. The number of benzene rings is 4. The lowest BCUT2D eigenvalue weighted by Gasteiger charge is -2.02. The number of H-pyrrole nitrogens is 1. The molecule has 0 aliphatic rings. The van der Waals surface area contributed by atoms with Gasteiger partial charge in [-0.3, -0.25) is 0 Å². The fraction of sp³-hybridized carbons (Fsp3) is 0.154. The Morgan fingerprint density at radius 1 is 0.643 bits per heavy atom. The molecule has 6 rings (SSSR count). The second kappa shape index (κ2) is 5.83. The van der Waals surface area contributed by atoms with Crippen molar-refractivity contribution in [1.82, 2.24) is 4.98 Å². The highest BCUT2D eigenvalue weighted by Crippen LogP contribution is 2.41. The van der Waals surface area contributed by atoms with Gasteiger partial charge in [0.25, 0.3) is 0 Å². The third-order valence-electron chi connectivity index (χ3n) is 6.15. The zero-order chi connectivity index (χ0) is 18.8. The first-order valence-electron chi connectivity index (χ1n) is 10.1. The van der Waals surface area contributed by atoms with Gasteiger partial charge in [-0.1, -0.05) is 50.2 Å². The molecule has 0 unspecified atom stereocenters. The smallest absolute Gasteiger partial charge is 0.0545 e. The predicted molar refractivity (Wildman–Crippen MR) is 125 cm³/mol. The summed E-state index contributed by atoms with van der Waals surface area (Å²) in [6, 6.07) is 23.0. The van der Waals surface area contributed by atoms with Crippen molar-refractivity contribution in [3.05, 3.63) is 71.8 Å². The van der Waals surface area contributed by atoms with Gasteiger partial charge in [-0.15, -0.1) is 11.3 Å². The minimum Gasteiger partial charge on any atom is -0.354 e. The maximum absolute atomic E-state index is 3.69. The van der Waals surface area contributed by atoms with Gasteiger partial charge in [-0.2, -0.15) is 0 Å². The van der Waals surface area contributed by atoms with Crippen LogP contribution in [0.15, 0.2) is 60.7 Å². The van der Waals surface area contributed by atoms with Gasteiger partial charge in [0, 0.05) is 47.2 Å². The Balaban J connectivity index is 1.73. The number of fused-ring (bicyclic) bond motifs is 9. The van der Waals surface area contributed by atoms with E-state index in [0.29, 0.717) is 0 Å². The number of rotatable bonds is 2. The quantitative estimate of drug-likeness (QED) is 0.314. The average Bonchev–Trinajstić information content (AvgIpc) is 3.30. The zero-order valence-corrected chi connectivity index (χ0v) is 16.9. The fourth-order valence-corrected chi connectivity index (χ4v) is 5.75. The lowest BCUT2D eigenvalue weighted by molar-refractivity contribution is 1.15. The number of aromatic nitrogens is 1. The summed E-state index contributed by atoms with van der Waals surface area (Å²) < 4.78 is 2.78. The molecule has 0 amide bonds. The van der Waals surface area contributed by atoms with Crippen LogP contribution in [0.4, 0.5) is 0 Å². The molecule has 2 heteroatoms. The first-order valence-corrected chi connectivity index (χ1v) is 10.9. The maximum atomic E-state index is 3.69. The van der Waals surface area contributed by atoms with Crippen LogP contribution < -0.4 is 0 Å². The minimum absolute atomic E-state index is 1.07. The van der Waals surface area contributed by atoms with E-state index >= 15 is 0 Å². The van der Waals surface area contributed by atoms with Crippen molar-refractivity contribution in [2.24, 2.45) is 0 Å². The molecule has 6 aromatic rings. The monoisotopic (exact) mass is 379 g/mol. The number of aromatic amines is 1. The Morgan fingerprint density at radius 2 is 1.25 bits per heavy atom. The van der Waals surface area contributed by atoms with E-state index in [9.17, 15) is 0 Å². The van der Waals surface area contributed by atoms with Crippen LogP contribution in [-0.4, -0.2) is 4.98 Å². The number of nitrogens with one attached hydrogen (secondary N) is 1. The van der Waals surface area contributed by atoms with E-state index in [1.165, 1.54) is 63.9 Å². The topological polar surface area (TPSA) is 15.8 Å². The summed E-state index contributed by atoms with van der Waals surface area (Å²) >= 11 is 1.92. The molecule has 0 bridgehead atoms. The fourth-order valence-electron chi connectivity index (χ4n) is 4.54. The molecule has 0 spiro atoms. The Morgan fingerprint density at radius 3 is 2.00 bits per heavy atom. The molecule has 136 valence electrons. The first-order chi connectivity index (χ1) is 13.8. The van der Waals surface area contributed by atoms with Crippen LogP contribution >= 0.6 is 11.3 Å². The molecule has 0 saturated carbocycles. The van der Waals surface area contributed by atoms with Gasteiger partial charge in [0.15, 0.2) is 0 Å². The molecule has 0 aliphatic carbocycles. The molecule has 0 aliphatic heterocycles. The average molecular weight is 380 g/mol. The molecule has 0 fully saturated rings. The van der Waals surface area contributed by atoms with Crippen molar-refractivity contribution >= 4 is 64.1 Å². The summed E-state index contributed by atoms with van der Waals surface area (Å²) in [5.41, 5.74) is 5.28. The van der Waals surface area contributed by atoms with Crippen LogP contribution in [0.3, 0.4) is 0 Å². The molecule has 1 N–H and O–H groups in total. The van der Waals surface area contributed by atoms with Gasteiger partial charge < -0.3 is 4.98 Å². The third kappa shape index (κ3) is 2.12. The second-order valence-corrected chi connectivity index (χ2v) is 8.72. The Hall–Kier alpha value is -2.84. The lowest BCUT2D eigenvalue weighted by Crippen LogP contribution is -1.79. The second-order valence-electron chi connectivity index (χ2n) is 7.67. The molecule has 0 radical (unpaired) electrons. The van der Waals surface area contributed by atoms with Crippen molar-refractivity contribution in [2.45, 2.75) is 26.7 Å². The van der Waals surface area contributed by atoms with E-state index in [1.54, 1.807) is 0 Å². The molecular weight excluding hydrogens is 358 g/mol. The molecule has 1 nitrogen and oxygen atoms in total. The molecule has 28 heavy (non-hydrogen) atoms. The van der Waals surface area contributed by atoms with Crippen molar-refractivity contribution in [2.75, 3.05) is 0 Å². The van der Waals surface area contributed by atoms with Crippen molar-refractivity contribution in [3.8, 4) is 0 Å². The largest absolute Gasteiger partial charge is 0.354 e. The zero-order valence-electron chi connectivity index (χ0n) is 16.1. The van der Waals surface area contributed by atoms with Crippen LogP contribution in [0.5, 0.6) is 0 Å². The van der Waals surface area contributed by atoms with Crippen molar-refractivity contribution < 1.29 is 0 Å². The highest BCUT2D eigenvalue weighted by atomic mass is 32.1. The molecule has 2 heterocycles. The van der Waals surface area contributed by atoms with Gasteiger partial charge in [-0.05, 0) is 48.2 Å². The van der Waals surface area contributed by atoms with Gasteiger partial charge >= 0.3 is 0 Å². The van der Waals surface area contributed by atoms with Crippen molar-refractivity contribution in [3.63, 3.8) is 0 Å². The van der Waals surface area contributed by atoms with E-state index in [-0.39, 0.29) is 0 Å². The summed E-state index contributed by atoms with van der Waals surface area (Å²) in [5, 5.41) is 8.11. The van der Waals surface area contributed by atoms with Crippen LogP contribution in [0.1, 0.15) is 25.0 Å². The van der Waals surface area contributed by atoms with Crippen LogP contribution in [0.2, 0.25) is 0 Å². The highest BCUT2D eigenvalue weighted by molar-refractivity contribution is 7.26. The minimum atomic E-state index is 1.07. The summed E-state index contributed by atoms with van der Waals surface area (Å²) in [6.07, 6.45) is 2.15. The normalized spacial score (nSPS) is 12.2. The van der Waals surface area contributed by atoms with E-state index in [0.717, 1.165) is 12.8 Å². The predicted octanol–water partition coefficient (Wildman–Crippen LogP) is 7.97. The molecule has 0 atom stereocenters. The van der Waals surface area contributed by atoms with Crippen LogP contribution in [0, 0.1) is 0 Å². The van der Waals surface area contributed by atoms with Gasteiger partial charge in [0.2, 0.25) is 0 Å².